The lowest BCUT2D eigenvalue weighted by Gasteiger charge is -2.27. The average molecular weight is 455 g/mol. The maximum atomic E-state index is 13.8. The third-order valence-electron chi connectivity index (χ3n) is 5.34. The van der Waals surface area contributed by atoms with E-state index in [4.69, 9.17) is 0 Å². The quantitative estimate of drug-likeness (QED) is 0.517. The normalized spacial score (nSPS) is 11.4. The van der Waals surface area contributed by atoms with Crippen LogP contribution >= 0.6 is 0 Å². The van der Waals surface area contributed by atoms with Crippen LogP contribution in [0.1, 0.15) is 40.9 Å². The standard InChI is InChI=1S/C25H27FN2O3S/c1-17(2)32(30,31)28(22-14-9-18(3)19(4)15-22)16-20-10-12-21(13-11-20)27-25(29)23-7-5-6-8-24(23)26/h5-15,17H,16H2,1-4H3,(H,27,29). The van der Waals surface area contributed by atoms with Gasteiger partial charge in [0.05, 0.1) is 23.0 Å². The molecule has 5 nitrogen and oxygen atoms in total. The van der Waals surface area contributed by atoms with Crippen LogP contribution in [0.5, 0.6) is 0 Å². The summed E-state index contributed by atoms with van der Waals surface area (Å²) in [7, 11) is -3.57. The van der Waals surface area contributed by atoms with Crippen molar-refractivity contribution in [3.63, 3.8) is 0 Å². The third kappa shape index (κ3) is 5.16. The third-order valence-corrected chi connectivity index (χ3v) is 7.48. The van der Waals surface area contributed by atoms with Crippen LogP contribution < -0.4 is 9.62 Å². The number of hydrogen-bond acceptors (Lipinski definition) is 3. The lowest BCUT2D eigenvalue weighted by atomic mass is 10.1. The molecule has 0 aromatic heterocycles. The maximum Gasteiger partial charge on any atom is 0.258 e. The van der Waals surface area contributed by atoms with E-state index < -0.39 is 27.0 Å². The van der Waals surface area contributed by atoms with Crippen LogP contribution in [0, 0.1) is 19.7 Å². The molecule has 0 atom stereocenters. The summed E-state index contributed by atoms with van der Waals surface area (Å²) in [5.41, 5.74) is 3.92. The van der Waals surface area contributed by atoms with Crippen LogP contribution in [0.25, 0.3) is 0 Å². The van der Waals surface area contributed by atoms with Gasteiger partial charge in [-0.05, 0) is 80.8 Å². The fourth-order valence-electron chi connectivity index (χ4n) is 3.17. The van der Waals surface area contributed by atoms with Crippen molar-refractivity contribution in [3.8, 4) is 0 Å². The summed E-state index contributed by atoms with van der Waals surface area (Å²) >= 11 is 0. The number of rotatable bonds is 7. The van der Waals surface area contributed by atoms with Crippen LogP contribution in [0.3, 0.4) is 0 Å². The second-order valence-electron chi connectivity index (χ2n) is 8.00. The van der Waals surface area contributed by atoms with Gasteiger partial charge in [0.15, 0.2) is 0 Å². The summed E-state index contributed by atoms with van der Waals surface area (Å²) < 4.78 is 41.4. The predicted molar refractivity (Wildman–Crippen MR) is 127 cm³/mol. The lowest BCUT2D eigenvalue weighted by Crippen LogP contribution is -2.36. The van der Waals surface area contributed by atoms with Crippen LogP contribution in [0.4, 0.5) is 15.8 Å². The molecule has 1 amide bonds. The van der Waals surface area contributed by atoms with E-state index in [1.54, 1.807) is 44.2 Å². The molecule has 0 bridgehead atoms. The Morgan fingerprint density at radius 3 is 2.22 bits per heavy atom. The van der Waals surface area contributed by atoms with E-state index in [0.29, 0.717) is 11.4 Å². The lowest BCUT2D eigenvalue weighted by molar-refractivity contribution is 0.102. The number of amides is 1. The minimum absolute atomic E-state index is 0.0412. The molecule has 3 aromatic carbocycles. The Hall–Kier alpha value is -3.19. The molecule has 1 N–H and O–H groups in total. The molecule has 168 valence electrons. The van der Waals surface area contributed by atoms with Crippen molar-refractivity contribution >= 4 is 27.3 Å². The molecule has 0 fully saturated rings. The van der Waals surface area contributed by atoms with Gasteiger partial charge in [-0.1, -0.05) is 30.3 Å². The van der Waals surface area contributed by atoms with Gasteiger partial charge in [-0.25, -0.2) is 12.8 Å². The largest absolute Gasteiger partial charge is 0.322 e. The fourth-order valence-corrected chi connectivity index (χ4v) is 4.41. The highest BCUT2D eigenvalue weighted by Gasteiger charge is 2.26. The van der Waals surface area contributed by atoms with Gasteiger partial charge in [0, 0.05) is 5.69 Å². The first-order valence-corrected chi connectivity index (χ1v) is 11.8. The summed E-state index contributed by atoms with van der Waals surface area (Å²) in [5, 5.41) is 2.08. The van der Waals surface area contributed by atoms with Crippen molar-refractivity contribution in [3.05, 3.63) is 94.8 Å². The number of hydrogen-bond donors (Lipinski definition) is 1. The summed E-state index contributed by atoms with van der Waals surface area (Å²) in [6.45, 7) is 7.40. The number of carbonyl (C=O) groups excluding carboxylic acids is 1. The molecule has 7 heteroatoms. The Morgan fingerprint density at radius 2 is 1.62 bits per heavy atom. The minimum atomic E-state index is -3.57. The van der Waals surface area contributed by atoms with Crippen molar-refractivity contribution < 1.29 is 17.6 Å². The van der Waals surface area contributed by atoms with Gasteiger partial charge in [-0.2, -0.15) is 0 Å². The highest BCUT2D eigenvalue weighted by molar-refractivity contribution is 7.93. The first kappa shape index (κ1) is 23.5. The number of benzene rings is 3. The SMILES string of the molecule is Cc1ccc(N(Cc2ccc(NC(=O)c3ccccc3F)cc2)S(=O)(=O)C(C)C)cc1C. The van der Waals surface area contributed by atoms with Crippen molar-refractivity contribution in [2.45, 2.75) is 39.5 Å². The van der Waals surface area contributed by atoms with Crippen molar-refractivity contribution in [1.29, 1.82) is 0 Å². The van der Waals surface area contributed by atoms with Gasteiger partial charge >= 0.3 is 0 Å². The summed E-state index contributed by atoms with van der Waals surface area (Å²) in [6.07, 6.45) is 0. The number of aryl methyl sites for hydroxylation is 2. The van der Waals surface area contributed by atoms with Gasteiger partial charge in [-0.15, -0.1) is 0 Å². The monoisotopic (exact) mass is 454 g/mol. The average Bonchev–Trinajstić information content (AvgIpc) is 2.75. The Morgan fingerprint density at radius 1 is 0.969 bits per heavy atom. The number of anilines is 2. The summed E-state index contributed by atoms with van der Waals surface area (Å²) in [6, 6.07) is 18.2. The number of carbonyl (C=O) groups is 1. The van der Waals surface area contributed by atoms with Crippen molar-refractivity contribution in [1.82, 2.24) is 0 Å². The smallest absolute Gasteiger partial charge is 0.258 e. The Labute approximate surface area is 188 Å². The molecular weight excluding hydrogens is 427 g/mol. The molecule has 0 aliphatic heterocycles. The molecule has 0 radical (unpaired) electrons. The van der Waals surface area contributed by atoms with E-state index in [9.17, 15) is 17.6 Å². The Kier molecular flexibility index (Phi) is 6.99. The second kappa shape index (κ2) is 9.53. The first-order chi connectivity index (χ1) is 15.1. The maximum absolute atomic E-state index is 13.8. The van der Waals surface area contributed by atoms with E-state index in [2.05, 4.69) is 5.32 Å². The van der Waals surface area contributed by atoms with Gasteiger partial charge < -0.3 is 5.32 Å². The molecule has 0 aliphatic rings. The summed E-state index contributed by atoms with van der Waals surface area (Å²) in [4.78, 5) is 12.3. The molecular formula is C25H27FN2O3S. The van der Waals surface area contributed by atoms with E-state index in [-0.39, 0.29) is 12.1 Å². The molecule has 0 aliphatic carbocycles. The zero-order valence-electron chi connectivity index (χ0n) is 18.6. The van der Waals surface area contributed by atoms with Crippen LogP contribution in [0.15, 0.2) is 66.7 Å². The molecule has 3 rings (SSSR count). The van der Waals surface area contributed by atoms with Gasteiger partial charge in [0.25, 0.3) is 5.91 Å². The van der Waals surface area contributed by atoms with E-state index >= 15 is 0 Å². The summed E-state index contributed by atoms with van der Waals surface area (Å²) in [5.74, 6) is -1.14. The predicted octanol–water partition coefficient (Wildman–Crippen LogP) is 5.44. The molecule has 0 saturated heterocycles. The van der Waals surface area contributed by atoms with Crippen molar-refractivity contribution in [2.75, 3.05) is 9.62 Å². The minimum Gasteiger partial charge on any atom is -0.322 e. The van der Waals surface area contributed by atoms with Crippen LogP contribution in [-0.2, 0) is 16.6 Å². The number of nitrogens with one attached hydrogen (secondary N) is 1. The first-order valence-electron chi connectivity index (χ1n) is 10.3. The van der Waals surface area contributed by atoms with Crippen LogP contribution in [0.2, 0.25) is 0 Å². The molecule has 3 aromatic rings. The number of sulfonamides is 1. The highest BCUT2D eigenvalue weighted by atomic mass is 32.2. The van der Waals surface area contributed by atoms with Gasteiger partial charge in [0.2, 0.25) is 10.0 Å². The second-order valence-corrected chi connectivity index (χ2v) is 10.4. The zero-order valence-corrected chi connectivity index (χ0v) is 19.4. The molecule has 0 heterocycles. The molecule has 32 heavy (non-hydrogen) atoms. The Bertz CT molecular complexity index is 1220. The molecule has 0 unspecified atom stereocenters. The van der Waals surface area contributed by atoms with Crippen molar-refractivity contribution in [2.24, 2.45) is 0 Å². The van der Waals surface area contributed by atoms with E-state index in [0.717, 1.165) is 16.7 Å². The van der Waals surface area contributed by atoms with Gasteiger partial charge in [0.1, 0.15) is 5.82 Å². The molecule has 0 spiro atoms. The van der Waals surface area contributed by atoms with Crippen LogP contribution in [-0.4, -0.2) is 19.6 Å². The fraction of sp³-hybridized carbons (Fsp3) is 0.240. The molecule has 0 saturated carbocycles. The number of nitrogens with zero attached hydrogens (tertiary/aromatic N) is 1. The zero-order chi connectivity index (χ0) is 23.5. The number of halogens is 1. The van der Waals surface area contributed by atoms with E-state index in [1.807, 2.05) is 32.0 Å². The Balaban J connectivity index is 1.83. The van der Waals surface area contributed by atoms with E-state index in [1.165, 1.54) is 22.5 Å². The van der Waals surface area contributed by atoms with Gasteiger partial charge in [-0.3, -0.25) is 9.10 Å². The highest BCUT2D eigenvalue weighted by Crippen LogP contribution is 2.26. The topological polar surface area (TPSA) is 66.5 Å².